The molecular weight excluding hydrogens is 314 g/mol. The Morgan fingerprint density at radius 2 is 2.17 bits per heavy atom. The second-order valence-electron chi connectivity index (χ2n) is 7.31. The number of pyridine rings is 1. The van der Waals surface area contributed by atoms with Crippen molar-refractivity contribution in [2.45, 2.75) is 51.5 Å². The van der Waals surface area contributed by atoms with Crippen molar-refractivity contribution < 1.29 is 0 Å². The third-order valence-electron chi connectivity index (χ3n) is 5.67. The molecule has 0 bridgehead atoms. The quantitative estimate of drug-likeness (QED) is 0.607. The molecule has 1 saturated heterocycles. The van der Waals surface area contributed by atoms with Crippen LogP contribution >= 0.6 is 12.2 Å². The van der Waals surface area contributed by atoms with E-state index in [1.165, 1.54) is 6.42 Å². The molecule has 1 aromatic heterocycles. The van der Waals surface area contributed by atoms with Crippen LogP contribution in [0.2, 0.25) is 0 Å². The summed E-state index contributed by atoms with van der Waals surface area (Å²) in [5.41, 5.74) is 0.999. The van der Waals surface area contributed by atoms with Crippen molar-refractivity contribution in [2.75, 3.05) is 19.8 Å². The van der Waals surface area contributed by atoms with Gasteiger partial charge in [-0.15, -0.1) is 0 Å². The van der Waals surface area contributed by atoms with E-state index in [1.807, 2.05) is 12.3 Å². The molecule has 2 heterocycles. The van der Waals surface area contributed by atoms with Crippen molar-refractivity contribution in [2.24, 2.45) is 5.92 Å². The average Bonchev–Trinajstić information content (AvgIpc) is 2.63. The van der Waals surface area contributed by atoms with Crippen LogP contribution in [0.1, 0.15) is 45.7 Å². The van der Waals surface area contributed by atoms with Gasteiger partial charge in [-0.25, -0.2) is 0 Å². The third-order valence-corrected chi connectivity index (χ3v) is 6.30. The third kappa shape index (κ3) is 3.02. The van der Waals surface area contributed by atoms with Crippen molar-refractivity contribution in [1.29, 1.82) is 0 Å². The maximum Gasteiger partial charge on any atom is 0.0928 e. The maximum atomic E-state index is 6.10. The zero-order chi connectivity index (χ0) is 17.2. The van der Waals surface area contributed by atoms with Crippen LogP contribution in [0.15, 0.2) is 36.5 Å². The molecule has 130 valence electrons. The number of nitrogens with zero attached hydrogens (tertiary/aromatic N) is 3. The Hall–Kier alpha value is -1.26. The van der Waals surface area contributed by atoms with Crippen LogP contribution in [0.25, 0.3) is 0 Å². The Morgan fingerprint density at radius 3 is 2.75 bits per heavy atom. The first kappa shape index (κ1) is 17.6. The zero-order valence-electron chi connectivity index (χ0n) is 15.1. The fraction of sp³-hybridized carbons (Fsp3) is 0.600. The molecule has 24 heavy (non-hydrogen) atoms. The SMILES string of the molecule is CCN1CN(C(C)C)CC(c2ccccn2)(C2CC=CCC2)C1=S. The Balaban J connectivity index is 2.11. The van der Waals surface area contributed by atoms with Gasteiger partial charge in [-0.2, -0.15) is 0 Å². The lowest BCUT2D eigenvalue weighted by Gasteiger charge is -2.53. The second kappa shape index (κ2) is 7.32. The van der Waals surface area contributed by atoms with E-state index in [0.717, 1.165) is 43.3 Å². The van der Waals surface area contributed by atoms with Crippen LogP contribution < -0.4 is 0 Å². The lowest BCUT2D eigenvalue weighted by molar-refractivity contribution is 0.0744. The van der Waals surface area contributed by atoms with E-state index in [9.17, 15) is 0 Å². The number of aromatic nitrogens is 1. The van der Waals surface area contributed by atoms with E-state index < -0.39 is 0 Å². The second-order valence-corrected chi connectivity index (χ2v) is 7.70. The van der Waals surface area contributed by atoms with Gasteiger partial charge in [-0.1, -0.05) is 30.4 Å². The standard InChI is InChI=1S/C20H29N3S/c1-4-22-15-23(16(2)3)14-20(19(22)24,17-10-6-5-7-11-17)18-12-8-9-13-21-18/h5-6,8-9,12-13,16-17H,4,7,10-11,14-15H2,1-3H3. The minimum Gasteiger partial charge on any atom is -0.353 e. The van der Waals surface area contributed by atoms with Crippen molar-refractivity contribution in [1.82, 2.24) is 14.8 Å². The predicted molar refractivity (Wildman–Crippen MR) is 104 cm³/mol. The lowest BCUT2D eigenvalue weighted by Crippen LogP contribution is -2.64. The van der Waals surface area contributed by atoms with Gasteiger partial charge in [0.2, 0.25) is 0 Å². The number of thiocarbonyl (C=S) groups is 1. The van der Waals surface area contributed by atoms with Gasteiger partial charge in [0.05, 0.1) is 22.8 Å². The number of likely N-dealkylation sites (N-methyl/N-ethyl adjacent to an activating group) is 1. The number of hydrogen-bond donors (Lipinski definition) is 0. The summed E-state index contributed by atoms with van der Waals surface area (Å²) in [7, 11) is 0. The molecule has 2 atom stereocenters. The van der Waals surface area contributed by atoms with Gasteiger partial charge in [0.25, 0.3) is 0 Å². The van der Waals surface area contributed by atoms with E-state index in [0.29, 0.717) is 12.0 Å². The molecule has 3 rings (SSSR count). The largest absolute Gasteiger partial charge is 0.353 e. The average molecular weight is 344 g/mol. The van der Waals surface area contributed by atoms with E-state index in [1.54, 1.807) is 0 Å². The summed E-state index contributed by atoms with van der Waals surface area (Å²) in [6.45, 7) is 9.65. The highest BCUT2D eigenvalue weighted by Crippen LogP contribution is 2.43. The van der Waals surface area contributed by atoms with Crippen LogP contribution in [0.3, 0.4) is 0 Å². The summed E-state index contributed by atoms with van der Waals surface area (Å²) >= 11 is 6.10. The molecule has 1 aromatic rings. The fourth-order valence-electron chi connectivity index (χ4n) is 4.16. The zero-order valence-corrected chi connectivity index (χ0v) is 15.9. The molecule has 0 saturated carbocycles. The molecule has 1 aliphatic heterocycles. The minimum absolute atomic E-state index is 0.153. The van der Waals surface area contributed by atoms with Gasteiger partial charge < -0.3 is 4.90 Å². The molecule has 0 amide bonds. The van der Waals surface area contributed by atoms with Crippen LogP contribution in [0.4, 0.5) is 0 Å². The Bertz CT molecular complexity index is 598. The van der Waals surface area contributed by atoms with Gasteiger partial charge >= 0.3 is 0 Å². The summed E-state index contributed by atoms with van der Waals surface area (Å²) < 4.78 is 0. The molecule has 3 nitrogen and oxygen atoms in total. The fourth-order valence-corrected chi connectivity index (χ4v) is 4.69. The highest BCUT2D eigenvalue weighted by Gasteiger charge is 2.50. The Morgan fingerprint density at radius 1 is 1.33 bits per heavy atom. The van der Waals surface area contributed by atoms with Crippen LogP contribution in [-0.2, 0) is 5.41 Å². The summed E-state index contributed by atoms with van der Waals surface area (Å²) in [5, 5.41) is 0. The predicted octanol–water partition coefficient (Wildman–Crippen LogP) is 4.01. The molecule has 0 spiro atoms. The van der Waals surface area contributed by atoms with Crippen LogP contribution in [0, 0.1) is 5.92 Å². The van der Waals surface area contributed by atoms with Crippen molar-refractivity contribution >= 4 is 17.2 Å². The van der Waals surface area contributed by atoms with Gasteiger partial charge in [0.15, 0.2) is 0 Å². The van der Waals surface area contributed by atoms with Crippen molar-refractivity contribution in [3.05, 3.63) is 42.2 Å². The molecule has 0 aromatic carbocycles. The van der Waals surface area contributed by atoms with Gasteiger partial charge in [0, 0.05) is 25.3 Å². The number of rotatable bonds is 4. The molecule has 1 fully saturated rings. The highest BCUT2D eigenvalue weighted by atomic mass is 32.1. The van der Waals surface area contributed by atoms with E-state index in [-0.39, 0.29) is 5.41 Å². The summed E-state index contributed by atoms with van der Waals surface area (Å²) in [4.78, 5) is 10.8. The normalized spacial score (nSPS) is 28.6. The smallest absolute Gasteiger partial charge is 0.0928 e. The Labute approximate surface area is 151 Å². The maximum absolute atomic E-state index is 6.10. The first-order valence-electron chi connectivity index (χ1n) is 9.19. The molecule has 2 unspecified atom stereocenters. The monoisotopic (exact) mass is 343 g/mol. The summed E-state index contributed by atoms with van der Waals surface area (Å²) in [6.07, 6.45) is 10.0. The summed E-state index contributed by atoms with van der Waals surface area (Å²) in [5.74, 6) is 0.528. The molecule has 0 radical (unpaired) electrons. The van der Waals surface area contributed by atoms with Gasteiger partial charge in [-0.3, -0.25) is 9.88 Å². The Kier molecular flexibility index (Phi) is 5.36. The van der Waals surface area contributed by atoms with Crippen LogP contribution in [-0.4, -0.2) is 45.6 Å². The molecule has 1 aliphatic carbocycles. The van der Waals surface area contributed by atoms with E-state index in [2.05, 4.69) is 54.9 Å². The van der Waals surface area contributed by atoms with E-state index >= 15 is 0 Å². The minimum atomic E-state index is -0.153. The van der Waals surface area contributed by atoms with Crippen molar-refractivity contribution in [3.63, 3.8) is 0 Å². The molecule has 4 heteroatoms. The number of hydrogen-bond acceptors (Lipinski definition) is 3. The molecule has 0 N–H and O–H groups in total. The first-order chi connectivity index (χ1) is 11.6. The van der Waals surface area contributed by atoms with Crippen molar-refractivity contribution in [3.8, 4) is 0 Å². The topological polar surface area (TPSA) is 19.4 Å². The first-order valence-corrected chi connectivity index (χ1v) is 9.60. The molecular formula is C20H29N3S. The lowest BCUT2D eigenvalue weighted by atomic mass is 9.66. The highest BCUT2D eigenvalue weighted by molar-refractivity contribution is 7.80. The van der Waals surface area contributed by atoms with Gasteiger partial charge in [0.1, 0.15) is 0 Å². The summed E-state index contributed by atoms with van der Waals surface area (Å²) in [6, 6.07) is 6.80. The van der Waals surface area contributed by atoms with Crippen LogP contribution in [0.5, 0.6) is 0 Å². The van der Waals surface area contributed by atoms with Gasteiger partial charge in [-0.05, 0) is 58.1 Å². The van der Waals surface area contributed by atoms with E-state index in [4.69, 9.17) is 17.2 Å². The molecule has 2 aliphatic rings. The number of allylic oxidation sites excluding steroid dienone is 2.